The van der Waals surface area contributed by atoms with E-state index in [9.17, 15) is 8.42 Å². The van der Waals surface area contributed by atoms with Crippen LogP contribution in [0.15, 0.2) is 35.4 Å². The fourth-order valence-corrected chi connectivity index (χ4v) is 4.32. The number of pyridine rings is 1. The van der Waals surface area contributed by atoms with E-state index >= 15 is 0 Å². The predicted molar refractivity (Wildman–Crippen MR) is 76.9 cm³/mol. The number of aromatic nitrogens is 1. The Kier molecular flexibility index (Phi) is 4.18. The summed E-state index contributed by atoms with van der Waals surface area (Å²) in [6.45, 7) is 2.46. The van der Waals surface area contributed by atoms with Crippen molar-refractivity contribution in [2.24, 2.45) is 0 Å². The first-order valence-electron chi connectivity index (χ1n) is 5.70. The molecular weight excluding hydrogens is 282 g/mol. The molecule has 0 aliphatic heterocycles. The summed E-state index contributed by atoms with van der Waals surface area (Å²) < 4.78 is 27.0. The van der Waals surface area contributed by atoms with Crippen LogP contribution < -0.4 is 10.0 Å². The first-order valence-corrected chi connectivity index (χ1v) is 8.00. The Morgan fingerprint density at radius 3 is 2.79 bits per heavy atom. The SMILES string of the molecule is CNCc1cc(S(=O)(=O)Nc2ccccn2)c(C)s1. The lowest BCUT2D eigenvalue weighted by Crippen LogP contribution is -2.14. The molecular formula is C12H15N3O2S2. The average molecular weight is 297 g/mol. The van der Waals surface area contributed by atoms with E-state index in [0.717, 1.165) is 9.75 Å². The van der Waals surface area contributed by atoms with Gasteiger partial charge in [0.2, 0.25) is 0 Å². The summed E-state index contributed by atoms with van der Waals surface area (Å²) in [4.78, 5) is 6.04. The third-order valence-electron chi connectivity index (χ3n) is 2.47. The molecule has 0 aliphatic carbocycles. The molecule has 0 unspecified atom stereocenters. The van der Waals surface area contributed by atoms with Crippen molar-refractivity contribution in [1.82, 2.24) is 10.3 Å². The molecule has 2 rings (SSSR count). The fourth-order valence-electron chi connectivity index (χ4n) is 1.67. The second-order valence-corrected chi connectivity index (χ2v) is 6.98. The van der Waals surface area contributed by atoms with E-state index in [1.54, 1.807) is 37.4 Å². The van der Waals surface area contributed by atoms with Gasteiger partial charge in [0, 0.05) is 22.5 Å². The minimum Gasteiger partial charge on any atom is -0.315 e. The summed E-state index contributed by atoms with van der Waals surface area (Å²) >= 11 is 1.47. The average Bonchev–Trinajstić information content (AvgIpc) is 2.72. The van der Waals surface area contributed by atoms with Crippen molar-refractivity contribution in [1.29, 1.82) is 0 Å². The van der Waals surface area contributed by atoms with Crippen molar-refractivity contribution in [3.63, 3.8) is 0 Å². The van der Waals surface area contributed by atoms with Gasteiger partial charge in [0.25, 0.3) is 10.0 Å². The van der Waals surface area contributed by atoms with Crippen molar-refractivity contribution >= 4 is 27.2 Å². The van der Waals surface area contributed by atoms with E-state index in [1.165, 1.54) is 11.3 Å². The molecule has 0 saturated carbocycles. The highest BCUT2D eigenvalue weighted by molar-refractivity contribution is 7.93. The first-order chi connectivity index (χ1) is 9.03. The van der Waals surface area contributed by atoms with Crippen LogP contribution in [0.4, 0.5) is 5.82 Å². The predicted octanol–water partition coefficient (Wildman–Crippen LogP) is 1.97. The normalized spacial score (nSPS) is 11.5. The van der Waals surface area contributed by atoms with Gasteiger partial charge in [-0.05, 0) is 32.2 Å². The number of sulfonamides is 1. The molecule has 2 N–H and O–H groups in total. The lowest BCUT2D eigenvalue weighted by molar-refractivity contribution is 0.601. The Morgan fingerprint density at radius 1 is 1.37 bits per heavy atom. The molecule has 0 radical (unpaired) electrons. The molecule has 5 nitrogen and oxygen atoms in total. The third-order valence-corrected chi connectivity index (χ3v) is 5.13. The van der Waals surface area contributed by atoms with Gasteiger partial charge < -0.3 is 5.32 Å². The summed E-state index contributed by atoms with van der Waals surface area (Å²) in [5.41, 5.74) is 0. The fraction of sp³-hybridized carbons (Fsp3) is 0.250. The standard InChI is InChI=1S/C12H15N3O2S2/c1-9-11(7-10(18-9)8-13-2)19(16,17)15-12-5-3-4-6-14-12/h3-7,13H,8H2,1-2H3,(H,14,15). The summed E-state index contributed by atoms with van der Waals surface area (Å²) in [5, 5.41) is 3.01. The van der Waals surface area contributed by atoms with Crippen LogP contribution in [0, 0.1) is 6.92 Å². The summed E-state index contributed by atoms with van der Waals surface area (Å²) in [6, 6.07) is 6.78. The maximum absolute atomic E-state index is 12.3. The van der Waals surface area contributed by atoms with E-state index in [-0.39, 0.29) is 0 Å². The number of thiophene rings is 1. The molecule has 0 fully saturated rings. The van der Waals surface area contributed by atoms with Gasteiger partial charge in [-0.1, -0.05) is 6.07 Å². The zero-order valence-electron chi connectivity index (χ0n) is 10.7. The van der Waals surface area contributed by atoms with Crippen LogP contribution in [0.1, 0.15) is 9.75 Å². The highest BCUT2D eigenvalue weighted by Gasteiger charge is 2.20. The Labute approximate surface area is 116 Å². The van der Waals surface area contributed by atoms with Crippen molar-refractivity contribution in [3.05, 3.63) is 40.2 Å². The Morgan fingerprint density at radius 2 is 2.16 bits per heavy atom. The number of nitrogens with zero attached hydrogens (tertiary/aromatic N) is 1. The number of rotatable bonds is 5. The molecule has 102 valence electrons. The Balaban J connectivity index is 2.29. The van der Waals surface area contributed by atoms with E-state index in [1.807, 2.05) is 7.05 Å². The van der Waals surface area contributed by atoms with E-state index < -0.39 is 10.0 Å². The van der Waals surface area contributed by atoms with Gasteiger partial charge in [0.1, 0.15) is 10.7 Å². The molecule has 0 aliphatic rings. The topological polar surface area (TPSA) is 71.1 Å². The summed E-state index contributed by atoms with van der Waals surface area (Å²) in [7, 11) is -1.74. The monoisotopic (exact) mass is 297 g/mol. The molecule has 0 amide bonds. The molecule has 19 heavy (non-hydrogen) atoms. The minimum absolute atomic E-state index is 0.313. The van der Waals surface area contributed by atoms with Gasteiger partial charge in [0.15, 0.2) is 0 Å². The summed E-state index contributed by atoms with van der Waals surface area (Å²) in [6.07, 6.45) is 1.55. The van der Waals surface area contributed by atoms with Crippen molar-refractivity contribution in [2.45, 2.75) is 18.4 Å². The van der Waals surface area contributed by atoms with Gasteiger partial charge in [-0.2, -0.15) is 0 Å². The number of anilines is 1. The van der Waals surface area contributed by atoms with Crippen molar-refractivity contribution in [2.75, 3.05) is 11.8 Å². The molecule has 0 saturated heterocycles. The molecule has 2 aromatic rings. The number of hydrogen-bond acceptors (Lipinski definition) is 5. The van der Waals surface area contributed by atoms with Crippen molar-refractivity contribution < 1.29 is 8.42 Å². The van der Waals surface area contributed by atoms with Crippen LogP contribution in [0.5, 0.6) is 0 Å². The van der Waals surface area contributed by atoms with Gasteiger partial charge in [0.05, 0.1) is 0 Å². The lowest BCUT2D eigenvalue weighted by atomic mass is 10.4. The molecule has 0 spiro atoms. The highest BCUT2D eigenvalue weighted by Crippen LogP contribution is 2.26. The van der Waals surface area contributed by atoms with E-state index in [4.69, 9.17) is 0 Å². The molecule has 0 bridgehead atoms. The molecule has 0 atom stereocenters. The van der Waals surface area contributed by atoms with Crippen LogP contribution in [-0.2, 0) is 16.6 Å². The van der Waals surface area contributed by atoms with Crippen LogP contribution in [0.3, 0.4) is 0 Å². The molecule has 0 aromatic carbocycles. The van der Waals surface area contributed by atoms with Gasteiger partial charge >= 0.3 is 0 Å². The molecule has 2 aromatic heterocycles. The van der Waals surface area contributed by atoms with Crippen LogP contribution >= 0.6 is 11.3 Å². The zero-order valence-corrected chi connectivity index (χ0v) is 12.3. The zero-order chi connectivity index (χ0) is 13.9. The number of nitrogens with one attached hydrogen (secondary N) is 2. The largest absolute Gasteiger partial charge is 0.315 e. The second-order valence-electron chi connectivity index (χ2n) is 3.98. The second kappa shape index (κ2) is 5.68. The van der Waals surface area contributed by atoms with Gasteiger partial charge in [-0.3, -0.25) is 4.72 Å². The molecule has 7 heteroatoms. The first kappa shape index (κ1) is 14.0. The van der Waals surface area contributed by atoms with E-state index in [0.29, 0.717) is 17.3 Å². The van der Waals surface area contributed by atoms with Gasteiger partial charge in [-0.25, -0.2) is 13.4 Å². The van der Waals surface area contributed by atoms with Crippen LogP contribution in [0.2, 0.25) is 0 Å². The third kappa shape index (κ3) is 3.31. The van der Waals surface area contributed by atoms with Crippen LogP contribution in [-0.4, -0.2) is 20.4 Å². The maximum Gasteiger partial charge on any atom is 0.264 e. The lowest BCUT2D eigenvalue weighted by Gasteiger charge is -2.05. The Hall–Kier alpha value is -1.44. The number of hydrogen-bond donors (Lipinski definition) is 2. The Bertz CT molecular complexity index is 651. The number of aryl methyl sites for hydroxylation is 1. The van der Waals surface area contributed by atoms with E-state index in [2.05, 4.69) is 15.0 Å². The molecule has 2 heterocycles. The smallest absolute Gasteiger partial charge is 0.264 e. The summed E-state index contributed by atoms with van der Waals surface area (Å²) in [5.74, 6) is 0.322. The maximum atomic E-state index is 12.3. The van der Waals surface area contributed by atoms with Crippen molar-refractivity contribution in [3.8, 4) is 0 Å². The van der Waals surface area contributed by atoms with Crippen LogP contribution in [0.25, 0.3) is 0 Å². The van der Waals surface area contributed by atoms with Gasteiger partial charge in [-0.15, -0.1) is 11.3 Å². The minimum atomic E-state index is -3.57. The highest BCUT2D eigenvalue weighted by atomic mass is 32.2. The quantitative estimate of drug-likeness (QED) is 0.885.